The van der Waals surface area contributed by atoms with E-state index in [4.69, 9.17) is 9.47 Å². The van der Waals surface area contributed by atoms with Crippen molar-refractivity contribution >= 4 is 11.8 Å². The highest BCUT2D eigenvalue weighted by atomic mass is 32.2. The Hall–Kier alpha value is -1.09. The number of rotatable bonds is 7. The van der Waals surface area contributed by atoms with E-state index < -0.39 is 0 Å². The molecular formula is C13H18O2S. The molecule has 0 amide bonds. The molecule has 88 valence electrons. The molecule has 0 aliphatic carbocycles. The second-order valence-electron chi connectivity index (χ2n) is 3.53. The summed E-state index contributed by atoms with van der Waals surface area (Å²) in [5.41, 5.74) is 1.20. The van der Waals surface area contributed by atoms with Gasteiger partial charge < -0.3 is 9.47 Å². The molecule has 0 aromatic heterocycles. The second kappa shape index (κ2) is 7.23. The lowest BCUT2D eigenvalue weighted by atomic mass is 10.3. The van der Waals surface area contributed by atoms with E-state index in [0.717, 1.165) is 29.6 Å². The maximum Gasteiger partial charge on any atom is 0.119 e. The maximum atomic E-state index is 5.58. The topological polar surface area (TPSA) is 18.5 Å². The van der Waals surface area contributed by atoms with E-state index >= 15 is 0 Å². The van der Waals surface area contributed by atoms with E-state index in [1.807, 2.05) is 43.0 Å². The Morgan fingerprint density at radius 3 is 2.44 bits per heavy atom. The van der Waals surface area contributed by atoms with Crippen molar-refractivity contribution in [1.29, 1.82) is 0 Å². The zero-order valence-electron chi connectivity index (χ0n) is 9.86. The lowest BCUT2D eigenvalue weighted by Gasteiger charge is -2.06. The minimum Gasteiger partial charge on any atom is -0.497 e. The molecular weight excluding hydrogens is 220 g/mol. The van der Waals surface area contributed by atoms with Gasteiger partial charge in [-0.15, -0.1) is 0 Å². The predicted molar refractivity (Wildman–Crippen MR) is 70.6 cm³/mol. The quantitative estimate of drug-likeness (QED) is 0.536. The Morgan fingerprint density at radius 1 is 1.25 bits per heavy atom. The van der Waals surface area contributed by atoms with Crippen molar-refractivity contribution in [2.24, 2.45) is 0 Å². The van der Waals surface area contributed by atoms with Crippen LogP contribution in [0.1, 0.15) is 6.92 Å². The number of methoxy groups -OCH3 is 1. The smallest absolute Gasteiger partial charge is 0.119 e. The summed E-state index contributed by atoms with van der Waals surface area (Å²) in [5, 5.41) is 0. The van der Waals surface area contributed by atoms with Gasteiger partial charge in [-0.2, -0.15) is 11.8 Å². The van der Waals surface area contributed by atoms with Crippen LogP contribution in [-0.4, -0.2) is 25.2 Å². The maximum absolute atomic E-state index is 5.58. The van der Waals surface area contributed by atoms with E-state index in [9.17, 15) is 0 Å². The predicted octanol–water partition coefficient (Wildman–Crippen LogP) is 3.38. The zero-order valence-corrected chi connectivity index (χ0v) is 10.7. The molecule has 1 aromatic carbocycles. The van der Waals surface area contributed by atoms with Gasteiger partial charge in [0, 0.05) is 11.5 Å². The van der Waals surface area contributed by atoms with Crippen LogP contribution < -0.4 is 9.47 Å². The van der Waals surface area contributed by atoms with Crippen molar-refractivity contribution in [3.8, 4) is 11.5 Å². The van der Waals surface area contributed by atoms with E-state index in [2.05, 4.69) is 6.58 Å². The van der Waals surface area contributed by atoms with E-state index in [0.29, 0.717) is 0 Å². The molecule has 0 aliphatic rings. The summed E-state index contributed by atoms with van der Waals surface area (Å²) >= 11 is 1.84. The van der Waals surface area contributed by atoms with Gasteiger partial charge in [-0.3, -0.25) is 0 Å². The van der Waals surface area contributed by atoms with Crippen LogP contribution in [0.5, 0.6) is 11.5 Å². The third kappa shape index (κ3) is 5.12. The monoisotopic (exact) mass is 238 g/mol. The van der Waals surface area contributed by atoms with Crippen molar-refractivity contribution in [1.82, 2.24) is 0 Å². The molecule has 0 heterocycles. The van der Waals surface area contributed by atoms with Gasteiger partial charge in [0.25, 0.3) is 0 Å². The molecule has 0 unspecified atom stereocenters. The van der Waals surface area contributed by atoms with Gasteiger partial charge >= 0.3 is 0 Å². The van der Waals surface area contributed by atoms with Gasteiger partial charge in [-0.05, 0) is 31.2 Å². The number of benzene rings is 1. The molecule has 0 radical (unpaired) electrons. The average Bonchev–Trinajstić information content (AvgIpc) is 2.29. The lowest BCUT2D eigenvalue weighted by Crippen LogP contribution is -2.00. The van der Waals surface area contributed by atoms with Crippen LogP contribution >= 0.6 is 11.8 Å². The number of hydrogen-bond donors (Lipinski definition) is 0. The second-order valence-corrected chi connectivity index (χ2v) is 4.64. The van der Waals surface area contributed by atoms with Gasteiger partial charge in [0.2, 0.25) is 0 Å². The molecule has 1 rings (SSSR count). The largest absolute Gasteiger partial charge is 0.497 e. The van der Waals surface area contributed by atoms with Crippen LogP contribution in [-0.2, 0) is 0 Å². The number of ether oxygens (including phenoxy) is 2. The van der Waals surface area contributed by atoms with Crippen LogP contribution in [0, 0.1) is 0 Å². The third-order valence-electron chi connectivity index (χ3n) is 1.90. The Morgan fingerprint density at radius 2 is 1.88 bits per heavy atom. The van der Waals surface area contributed by atoms with E-state index in [1.54, 1.807) is 7.11 Å². The van der Waals surface area contributed by atoms with Gasteiger partial charge in [0.15, 0.2) is 0 Å². The normalized spacial score (nSPS) is 9.88. The number of hydrogen-bond acceptors (Lipinski definition) is 3. The van der Waals surface area contributed by atoms with E-state index in [1.165, 1.54) is 5.57 Å². The van der Waals surface area contributed by atoms with Crippen molar-refractivity contribution in [2.45, 2.75) is 6.92 Å². The molecule has 0 N–H and O–H groups in total. The molecule has 0 aliphatic heterocycles. The Bertz CT molecular complexity index is 319. The molecule has 1 aromatic rings. The minimum absolute atomic E-state index is 0.726. The van der Waals surface area contributed by atoms with Crippen molar-refractivity contribution in [3.05, 3.63) is 36.4 Å². The lowest BCUT2D eigenvalue weighted by molar-refractivity contribution is 0.342. The first-order valence-electron chi connectivity index (χ1n) is 5.21. The molecule has 0 saturated carbocycles. The first-order valence-corrected chi connectivity index (χ1v) is 6.37. The fraction of sp³-hybridized carbons (Fsp3) is 0.385. The summed E-state index contributed by atoms with van der Waals surface area (Å²) in [7, 11) is 1.66. The molecule has 2 nitrogen and oxygen atoms in total. The molecule has 0 bridgehead atoms. The first kappa shape index (κ1) is 13.0. The molecule has 0 spiro atoms. The van der Waals surface area contributed by atoms with E-state index in [-0.39, 0.29) is 0 Å². The van der Waals surface area contributed by atoms with Crippen LogP contribution in [0.25, 0.3) is 0 Å². The fourth-order valence-corrected chi connectivity index (χ4v) is 1.83. The highest BCUT2D eigenvalue weighted by Crippen LogP contribution is 2.17. The van der Waals surface area contributed by atoms with Crippen LogP contribution in [0.2, 0.25) is 0 Å². The molecule has 0 fully saturated rings. The Balaban J connectivity index is 2.19. The fourth-order valence-electron chi connectivity index (χ4n) is 1.14. The number of thioether (sulfide) groups is 1. The average molecular weight is 238 g/mol. The van der Waals surface area contributed by atoms with Gasteiger partial charge in [0.1, 0.15) is 11.5 Å². The van der Waals surface area contributed by atoms with Gasteiger partial charge in [0.05, 0.1) is 13.7 Å². The summed E-state index contributed by atoms with van der Waals surface area (Å²) in [6, 6.07) is 7.64. The highest BCUT2D eigenvalue weighted by molar-refractivity contribution is 7.99. The summed E-state index contributed by atoms with van der Waals surface area (Å²) in [6.45, 7) is 6.62. The summed E-state index contributed by atoms with van der Waals surface area (Å²) in [5.74, 6) is 3.73. The van der Waals surface area contributed by atoms with Crippen molar-refractivity contribution in [3.63, 3.8) is 0 Å². The zero-order chi connectivity index (χ0) is 11.8. The molecule has 16 heavy (non-hydrogen) atoms. The van der Waals surface area contributed by atoms with Gasteiger partial charge in [-0.25, -0.2) is 0 Å². The summed E-state index contributed by atoms with van der Waals surface area (Å²) < 4.78 is 10.7. The highest BCUT2D eigenvalue weighted by Gasteiger charge is 1.95. The molecule has 0 atom stereocenters. The summed E-state index contributed by atoms with van der Waals surface area (Å²) in [4.78, 5) is 0. The van der Waals surface area contributed by atoms with Crippen molar-refractivity contribution in [2.75, 3.05) is 25.2 Å². The molecule has 3 heteroatoms. The van der Waals surface area contributed by atoms with Crippen LogP contribution in [0.15, 0.2) is 36.4 Å². The first-order chi connectivity index (χ1) is 7.72. The summed E-state index contributed by atoms with van der Waals surface area (Å²) in [6.07, 6.45) is 0. The van der Waals surface area contributed by atoms with Gasteiger partial charge in [-0.1, -0.05) is 12.2 Å². The minimum atomic E-state index is 0.726. The molecule has 0 saturated heterocycles. The van der Waals surface area contributed by atoms with Crippen molar-refractivity contribution < 1.29 is 9.47 Å². The Labute approximate surface area is 102 Å². The van der Waals surface area contributed by atoms with Crippen LogP contribution in [0.4, 0.5) is 0 Å². The third-order valence-corrected chi connectivity index (χ3v) is 3.06. The van der Waals surface area contributed by atoms with Crippen LogP contribution in [0.3, 0.4) is 0 Å². The standard InChI is InChI=1S/C13H18O2S/c1-11(2)10-16-9-8-15-13-6-4-12(14-3)5-7-13/h4-7H,1,8-10H2,2-3H3. The Kier molecular flexibility index (Phi) is 5.86. The SMILES string of the molecule is C=C(C)CSCCOc1ccc(OC)cc1.